The number of hydrogen-bond acceptors (Lipinski definition) is 4. The third-order valence-electron chi connectivity index (χ3n) is 2.10. The van der Waals surface area contributed by atoms with E-state index >= 15 is 0 Å². The molecule has 0 unspecified atom stereocenters. The maximum Gasteiger partial charge on any atom is 0.290 e. The van der Waals surface area contributed by atoms with Crippen LogP contribution in [-0.4, -0.2) is 21.9 Å². The summed E-state index contributed by atoms with van der Waals surface area (Å²) in [5.41, 5.74) is 0.449. The molecule has 1 aromatic carbocycles. The van der Waals surface area contributed by atoms with Crippen molar-refractivity contribution in [3.8, 4) is 0 Å². The van der Waals surface area contributed by atoms with E-state index in [-0.39, 0.29) is 28.2 Å². The smallest absolute Gasteiger partial charge is 0.288 e. The molecule has 1 N–H and O–H groups in total. The molecule has 1 aliphatic heterocycles. The molecule has 3 amide bonds. The Balaban J connectivity index is 2.52. The van der Waals surface area contributed by atoms with Gasteiger partial charge in [-0.3, -0.25) is 19.7 Å². The molecular weight excluding hydrogens is 232 g/mol. The van der Waals surface area contributed by atoms with Crippen molar-refractivity contribution in [3.63, 3.8) is 0 Å². The van der Waals surface area contributed by atoms with Gasteiger partial charge in [-0.05, 0) is 18.2 Å². The molecule has 0 saturated heterocycles. The molecule has 0 spiro atoms. The van der Waals surface area contributed by atoms with Gasteiger partial charge in [0.25, 0.3) is 17.7 Å². The standard InChI is InChI=1S/C9H4N2O4S/c12-7(11-16-15)4-1-2-5-6(3-4)9(14)10-8(5)13/h1-3H,(H,10,13,14). The second kappa shape index (κ2) is 3.78. The molecule has 1 aromatic rings. The third-order valence-corrected chi connectivity index (χ3v) is 2.34. The van der Waals surface area contributed by atoms with Gasteiger partial charge in [0.05, 0.1) is 11.1 Å². The molecular formula is C9H4N2O4S. The first-order chi connectivity index (χ1) is 7.63. The second-order valence-corrected chi connectivity index (χ2v) is 3.35. The highest BCUT2D eigenvalue weighted by atomic mass is 32.1. The number of benzene rings is 1. The van der Waals surface area contributed by atoms with Gasteiger partial charge in [-0.25, -0.2) is 0 Å². The van der Waals surface area contributed by atoms with Crippen LogP contribution in [0, 0.1) is 0 Å². The quantitative estimate of drug-likeness (QED) is 0.700. The second-order valence-electron chi connectivity index (χ2n) is 3.01. The Hall–Kier alpha value is -2.15. The molecule has 1 heterocycles. The van der Waals surface area contributed by atoms with Crippen LogP contribution in [0.15, 0.2) is 22.6 Å². The summed E-state index contributed by atoms with van der Waals surface area (Å²) in [5.74, 6) is -1.77. The predicted octanol–water partition coefficient (Wildman–Crippen LogP) is 0.107. The van der Waals surface area contributed by atoms with Crippen molar-refractivity contribution < 1.29 is 18.6 Å². The lowest BCUT2D eigenvalue weighted by atomic mass is 10.1. The highest BCUT2D eigenvalue weighted by Crippen LogP contribution is 2.17. The van der Waals surface area contributed by atoms with Gasteiger partial charge in [0.15, 0.2) is 0 Å². The van der Waals surface area contributed by atoms with Crippen LogP contribution < -0.4 is 5.32 Å². The Morgan fingerprint density at radius 3 is 2.56 bits per heavy atom. The molecule has 0 radical (unpaired) electrons. The predicted molar refractivity (Wildman–Crippen MR) is 53.1 cm³/mol. The largest absolute Gasteiger partial charge is 0.290 e. The van der Waals surface area contributed by atoms with Gasteiger partial charge in [-0.2, -0.15) is 4.21 Å². The van der Waals surface area contributed by atoms with Crippen LogP contribution in [0.5, 0.6) is 0 Å². The summed E-state index contributed by atoms with van der Waals surface area (Å²) in [6, 6.07) is 3.95. The number of rotatable bonds is 1. The number of nitrogens with one attached hydrogen (secondary N) is 1. The van der Waals surface area contributed by atoms with E-state index in [1.165, 1.54) is 18.2 Å². The summed E-state index contributed by atoms with van der Waals surface area (Å²) in [6.45, 7) is 0. The van der Waals surface area contributed by atoms with Crippen LogP contribution in [0.3, 0.4) is 0 Å². The van der Waals surface area contributed by atoms with Crippen LogP contribution in [0.4, 0.5) is 0 Å². The zero-order valence-corrected chi connectivity index (χ0v) is 8.54. The molecule has 0 aliphatic carbocycles. The number of amides is 3. The highest BCUT2D eigenvalue weighted by molar-refractivity contribution is 7.55. The van der Waals surface area contributed by atoms with Gasteiger partial charge in [0, 0.05) is 5.56 Å². The fourth-order valence-electron chi connectivity index (χ4n) is 1.39. The minimum Gasteiger partial charge on any atom is -0.288 e. The molecule has 0 saturated carbocycles. The number of fused-ring (bicyclic) bond motifs is 1. The Bertz CT molecular complexity index is 575. The van der Waals surface area contributed by atoms with Crippen LogP contribution in [-0.2, 0) is 11.5 Å². The Morgan fingerprint density at radius 1 is 1.19 bits per heavy atom. The van der Waals surface area contributed by atoms with Crippen molar-refractivity contribution in [1.29, 1.82) is 0 Å². The van der Waals surface area contributed by atoms with Gasteiger partial charge >= 0.3 is 0 Å². The van der Waals surface area contributed by atoms with Crippen molar-refractivity contribution in [2.75, 3.05) is 0 Å². The van der Waals surface area contributed by atoms with Gasteiger partial charge in [0.1, 0.15) is 0 Å². The Labute approximate surface area is 92.9 Å². The lowest BCUT2D eigenvalue weighted by molar-refractivity contribution is 0.0879. The lowest BCUT2D eigenvalue weighted by Gasteiger charge is -1.96. The molecule has 0 bridgehead atoms. The first kappa shape index (κ1) is 10.4. The summed E-state index contributed by atoms with van der Waals surface area (Å²) in [5, 5.41) is 2.09. The minimum absolute atomic E-state index is 0.104. The number of hydrogen-bond donors (Lipinski definition) is 1. The monoisotopic (exact) mass is 236 g/mol. The highest BCUT2D eigenvalue weighted by Gasteiger charge is 2.27. The molecule has 0 atom stereocenters. The summed E-state index contributed by atoms with van der Waals surface area (Å²) in [4.78, 5) is 33.7. The fourth-order valence-corrected chi connectivity index (χ4v) is 1.56. The molecule has 0 fully saturated rings. The van der Waals surface area contributed by atoms with E-state index < -0.39 is 17.7 Å². The Kier molecular flexibility index (Phi) is 2.45. The zero-order valence-electron chi connectivity index (χ0n) is 7.72. The van der Waals surface area contributed by atoms with Crippen molar-refractivity contribution in [1.82, 2.24) is 5.32 Å². The normalized spacial score (nSPS) is 13.0. The summed E-state index contributed by atoms with van der Waals surface area (Å²) in [6.07, 6.45) is 0. The van der Waals surface area contributed by atoms with Crippen LogP contribution in [0.2, 0.25) is 0 Å². The zero-order chi connectivity index (χ0) is 11.7. The Morgan fingerprint density at radius 2 is 1.88 bits per heavy atom. The van der Waals surface area contributed by atoms with E-state index in [4.69, 9.17) is 0 Å². The topological polar surface area (TPSA) is 92.7 Å². The van der Waals surface area contributed by atoms with E-state index in [2.05, 4.69) is 9.68 Å². The molecule has 6 nitrogen and oxygen atoms in total. The van der Waals surface area contributed by atoms with E-state index in [9.17, 15) is 18.6 Å². The van der Waals surface area contributed by atoms with Gasteiger partial charge < -0.3 is 0 Å². The van der Waals surface area contributed by atoms with Gasteiger partial charge in [0.2, 0.25) is 11.5 Å². The van der Waals surface area contributed by atoms with E-state index in [1.807, 2.05) is 0 Å². The van der Waals surface area contributed by atoms with Crippen LogP contribution >= 0.6 is 0 Å². The molecule has 0 aromatic heterocycles. The van der Waals surface area contributed by atoms with Crippen molar-refractivity contribution in [2.45, 2.75) is 0 Å². The maximum absolute atomic E-state index is 11.3. The van der Waals surface area contributed by atoms with Crippen molar-refractivity contribution >= 4 is 29.2 Å². The van der Waals surface area contributed by atoms with Crippen molar-refractivity contribution in [2.24, 2.45) is 4.36 Å². The first-order valence-electron chi connectivity index (χ1n) is 4.17. The minimum atomic E-state index is -0.727. The molecule has 80 valence electrons. The number of nitrogens with zero attached hydrogens (tertiary/aromatic N) is 1. The van der Waals surface area contributed by atoms with E-state index in [0.717, 1.165) is 0 Å². The number of imide groups is 1. The SMILES string of the molecule is O=S=NC(=O)c1ccc2c(c1)C(=O)NC2=O. The number of carbonyl (C=O) groups is 3. The van der Waals surface area contributed by atoms with Crippen molar-refractivity contribution in [3.05, 3.63) is 34.9 Å². The fraction of sp³-hybridized carbons (Fsp3) is 0. The third kappa shape index (κ3) is 1.57. The van der Waals surface area contributed by atoms with Crippen LogP contribution in [0.25, 0.3) is 0 Å². The summed E-state index contributed by atoms with van der Waals surface area (Å²) in [7, 11) is 0. The summed E-state index contributed by atoms with van der Waals surface area (Å²) < 4.78 is 13.1. The van der Waals surface area contributed by atoms with E-state index in [1.54, 1.807) is 0 Å². The van der Waals surface area contributed by atoms with Crippen LogP contribution in [0.1, 0.15) is 31.1 Å². The first-order valence-corrected chi connectivity index (χ1v) is 4.87. The summed E-state index contributed by atoms with van der Waals surface area (Å²) >= 11 is -0.203. The van der Waals surface area contributed by atoms with Gasteiger partial charge in [-0.15, -0.1) is 4.36 Å². The van der Waals surface area contributed by atoms with E-state index in [0.29, 0.717) is 0 Å². The lowest BCUT2D eigenvalue weighted by Crippen LogP contribution is -2.19. The average Bonchev–Trinajstić information content (AvgIpc) is 2.55. The maximum atomic E-state index is 11.3. The van der Waals surface area contributed by atoms with Gasteiger partial charge in [-0.1, -0.05) is 0 Å². The molecule has 7 heteroatoms. The number of carbonyl (C=O) groups excluding carboxylic acids is 3. The molecule has 2 rings (SSSR count). The molecule has 16 heavy (non-hydrogen) atoms. The molecule has 1 aliphatic rings. The average molecular weight is 236 g/mol.